The third-order valence-electron chi connectivity index (χ3n) is 8.58. The van der Waals surface area contributed by atoms with Crippen molar-refractivity contribution in [2.75, 3.05) is 6.61 Å². The third-order valence-corrected chi connectivity index (χ3v) is 8.58. The normalized spacial score (nSPS) is 22.6. The van der Waals surface area contributed by atoms with Crippen LogP contribution in [0.2, 0.25) is 0 Å². The van der Waals surface area contributed by atoms with Gasteiger partial charge in [-0.2, -0.15) is 5.10 Å². The summed E-state index contributed by atoms with van der Waals surface area (Å²) in [7, 11) is 0. The van der Waals surface area contributed by atoms with Gasteiger partial charge in [-0.25, -0.2) is 0 Å². The molecule has 0 amide bonds. The quantitative estimate of drug-likeness (QED) is 0.361. The molecule has 3 heteroatoms. The lowest BCUT2D eigenvalue weighted by molar-refractivity contribution is 0.137. The zero-order valence-electron chi connectivity index (χ0n) is 25.9. The number of nitrogens with one attached hydrogen (secondary N) is 1. The van der Waals surface area contributed by atoms with Gasteiger partial charge in [-0.05, 0) is 71.1 Å². The van der Waals surface area contributed by atoms with Gasteiger partial charge in [-0.3, -0.25) is 5.10 Å². The molecule has 38 heavy (non-hydrogen) atoms. The molecule has 3 unspecified atom stereocenters. The largest absolute Gasteiger partial charge is 0.396 e. The summed E-state index contributed by atoms with van der Waals surface area (Å²) in [5.41, 5.74) is 8.62. The number of aromatic nitrogens is 2. The summed E-state index contributed by atoms with van der Waals surface area (Å²) in [6.07, 6.45) is 6.43. The van der Waals surface area contributed by atoms with Crippen molar-refractivity contribution in [3.05, 3.63) is 77.1 Å². The van der Waals surface area contributed by atoms with Crippen LogP contribution >= 0.6 is 0 Å². The molecule has 210 valence electrons. The monoisotopic (exact) mass is 518 g/mol. The fourth-order valence-electron chi connectivity index (χ4n) is 6.38. The molecule has 0 fully saturated rings. The lowest BCUT2D eigenvalue weighted by atomic mass is 9.63. The Hall–Kier alpha value is -2.39. The van der Waals surface area contributed by atoms with Gasteiger partial charge in [-0.15, -0.1) is 0 Å². The summed E-state index contributed by atoms with van der Waals surface area (Å²) in [4.78, 5) is 0. The van der Waals surface area contributed by atoms with Crippen molar-refractivity contribution in [3.63, 3.8) is 0 Å². The molecule has 2 aliphatic carbocycles. The smallest absolute Gasteiger partial charge is 0.0569 e. The molecule has 2 N–H and O–H groups in total. The number of fused-ring (bicyclic) bond motifs is 4. The molecule has 0 spiro atoms. The van der Waals surface area contributed by atoms with Crippen LogP contribution in [0.1, 0.15) is 111 Å². The highest BCUT2D eigenvalue weighted by Crippen LogP contribution is 2.53. The molecular formula is C35H54N2O. The topological polar surface area (TPSA) is 48.9 Å². The van der Waals surface area contributed by atoms with Crippen LogP contribution in [-0.2, 0) is 17.3 Å². The van der Waals surface area contributed by atoms with Crippen LogP contribution in [-0.4, -0.2) is 21.9 Å². The average molecular weight is 519 g/mol. The van der Waals surface area contributed by atoms with Crippen molar-refractivity contribution in [3.8, 4) is 11.1 Å². The molecule has 1 aromatic heterocycles. The van der Waals surface area contributed by atoms with Gasteiger partial charge < -0.3 is 5.11 Å². The van der Waals surface area contributed by atoms with Gasteiger partial charge in [0.25, 0.3) is 0 Å². The Bertz CT molecular complexity index is 1110. The first kappa shape index (κ1) is 31.8. The summed E-state index contributed by atoms with van der Waals surface area (Å²) in [6.45, 7) is 22.2. The average Bonchev–Trinajstić information content (AvgIpc) is 3.51. The van der Waals surface area contributed by atoms with Crippen molar-refractivity contribution in [1.29, 1.82) is 0 Å². The van der Waals surface area contributed by atoms with E-state index in [1.54, 1.807) is 0 Å². The second kappa shape index (κ2) is 14.1. The summed E-state index contributed by atoms with van der Waals surface area (Å²) in [5.74, 6) is 1.83. The number of hydrogen-bond acceptors (Lipinski definition) is 2. The van der Waals surface area contributed by atoms with Crippen LogP contribution in [0.3, 0.4) is 0 Å². The van der Waals surface area contributed by atoms with E-state index in [1.807, 2.05) is 20.0 Å². The first-order valence-corrected chi connectivity index (χ1v) is 15.0. The van der Waals surface area contributed by atoms with Crippen molar-refractivity contribution in [1.82, 2.24) is 10.2 Å². The molecule has 0 saturated heterocycles. The molecule has 3 atom stereocenters. The van der Waals surface area contributed by atoms with Gasteiger partial charge in [0.15, 0.2) is 0 Å². The highest BCUT2D eigenvalue weighted by atomic mass is 16.3. The molecule has 0 aliphatic heterocycles. The highest BCUT2D eigenvalue weighted by molar-refractivity contribution is 5.79. The van der Waals surface area contributed by atoms with Gasteiger partial charge in [-0.1, -0.05) is 118 Å². The number of aromatic amines is 1. The molecule has 2 aliphatic rings. The number of aryl methyl sites for hydroxylation is 1. The summed E-state index contributed by atoms with van der Waals surface area (Å²) in [5, 5.41) is 17.0. The summed E-state index contributed by atoms with van der Waals surface area (Å²) < 4.78 is 0. The lowest BCUT2D eigenvalue weighted by Gasteiger charge is -2.42. The van der Waals surface area contributed by atoms with E-state index < -0.39 is 0 Å². The molecule has 3 aromatic rings. The Morgan fingerprint density at radius 2 is 1.47 bits per heavy atom. The second-order valence-corrected chi connectivity index (χ2v) is 11.8. The number of rotatable bonds is 4. The maximum atomic E-state index is 9.48. The Morgan fingerprint density at radius 3 is 2.03 bits per heavy atom. The standard InChI is InChI=1S/C15H18N2.C14H20O.C4H10.C2H6/c1-4-15(10(2)3)13-8-6-5-7-11(13)12-9-16-17-14(12)15;1-3-14(2)12(10-15)9-8-11-6-4-5-7-13(11)14;1-4(2)3;1-2/h5-10H,4H2,1-3H3,(H,16,17);4-7,12,15H,3,8-10H2,1-2H3;4H,1-3H3;1-2H3. The van der Waals surface area contributed by atoms with Gasteiger partial charge >= 0.3 is 0 Å². The number of nitrogens with zero attached hydrogens (tertiary/aromatic N) is 1. The third kappa shape index (κ3) is 6.09. The number of benzene rings is 2. The van der Waals surface area contributed by atoms with E-state index in [1.165, 1.54) is 33.5 Å². The van der Waals surface area contributed by atoms with E-state index >= 15 is 0 Å². The van der Waals surface area contributed by atoms with E-state index in [0.29, 0.717) is 18.4 Å². The Labute approximate surface area is 233 Å². The molecule has 0 radical (unpaired) electrons. The zero-order chi connectivity index (χ0) is 28.5. The van der Waals surface area contributed by atoms with E-state index in [-0.39, 0.29) is 10.8 Å². The molecule has 0 saturated carbocycles. The van der Waals surface area contributed by atoms with Crippen molar-refractivity contribution < 1.29 is 5.11 Å². The molecule has 5 rings (SSSR count). The van der Waals surface area contributed by atoms with Crippen LogP contribution in [0.4, 0.5) is 0 Å². The fourth-order valence-corrected chi connectivity index (χ4v) is 6.38. The summed E-state index contributed by atoms with van der Waals surface area (Å²) in [6, 6.07) is 17.4. The fraction of sp³-hybridized carbons (Fsp3) is 0.571. The maximum Gasteiger partial charge on any atom is 0.0569 e. The zero-order valence-corrected chi connectivity index (χ0v) is 25.9. The van der Waals surface area contributed by atoms with E-state index in [4.69, 9.17) is 0 Å². The van der Waals surface area contributed by atoms with Gasteiger partial charge in [0.05, 0.1) is 11.9 Å². The van der Waals surface area contributed by atoms with Gasteiger partial charge in [0.2, 0.25) is 0 Å². The Morgan fingerprint density at radius 1 is 0.895 bits per heavy atom. The first-order chi connectivity index (χ1) is 18.2. The van der Waals surface area contributed by atoms with Crippen LogP contribution in [0.15, 0.2) is 54.7 Å². The predicted octanol–water partition coefficient (Wildman–Crippen LogP) is 9.34. The molecule has 2 aromatic carbocycles. The van der Waals surface area contributed by atoms with Crippen LogP contribution in [0.25, 0.3) is 11.1 Å². The number of aliphatic hydroxyl groups is 1. The van der Waals surface area contributed by atoms with Crippen molar-refractivity contribution in [2.45, 2.75) is 106 Å². The van der Waals surface area contributed by atoms with Gasteiger partial charge in [0.1, 0.15) is 0 Å². The van der Waals surface area contributed by atoms with Crippen LogP contribution in [0, 0.1) is 17.8 Å². The number of H-pyrrole nitrogens is 1. The SMILES string of the molecule is CC.CC(C)C.CCC1(C(C)C)c2ccccc2-c2cn[nH]c21.CCC1(C)c2ccccc2CCC1CO. The lowest BCUT2D eigenvalue weighted by Crippen LogP contribution is -2.38. The summed E-state index contributed by atoms with van der Waals surface area (Å²) >= 11 is 0. The molecule has 1 heterocycles. The van der Waals surface area contributed by atoms with Crippen molar-refractivity contribution in [2.24, 2.45) is 17.8 Å². The Kier molecular flexibility index (Phi) is 11.8. The molecule has 3 nitrogen and oxygen atoms in total. The second-order valence-electron chi connectivity index (χ2n) is 11.8. The minimum Gasteiger partial charge on any atom is -0.396 e. The Balaban J connectivity index is 0.000000223. The van der Waals surface area contributed by atoms with Gasteiger partial charge in [0, 0.05) is 17.6 Å². The van der Waals surface area contributed by atoms with E-state index in [9.17, 15) is 5.11 Å². The van der Waals surface area contributed by atoms with E-state index in [0.717, 1.165) is 31.6 Å². The van der Waals surface area contributed by atoms with Crippen LogP contribution in [0.5, 0.6) is 0 Å². The highest BCUT2D eigenvalue weighted by Gasteiger charge is 2.45. The first-order valence-electron chi connectivity index (χ1n) is 15.0. The minimum atomic E-state index is 0.114. The molecular weight excluding hydrogens is 464 g/mol. The predicted molar refractivity (Wildman–Crippen MR) is 165 cm³/mol. The van der Waals surface area contributed by atoms with Crippen LogP contribution < -0.4 is 0 Å². The molecule has 0 bridgehead atoms. The maximum absolute atomic E-state index is 9.48. The van der Waals surface area contributed by atoms with Crippen molar-refractivity contribution >= 4 is 0 Å². The van der Waals surface area contributed by atoms with E-state index in [2.05, 4.69) is 114 Å². The minimum absolute atomic E-state index is 0.114. The number of aliphatic hydroxyl groups excluding tert-OH is 1. The number of hydrogen-bond donors (Lipinski definition) is 2.